The van der Waals surface area contributed by atoms with E-state index in [1.807, 2.05) is 0 Å². The summed E-state index contributed by atoms with van der Waals surface area (Å²) in [5.74, 6) is -1.91. The molecule has 3 aromatic rings. The number of fused-ring (bicyclic) bond motifs is 2. The maximum absolute atomic E-state index is 12.9. The van der Waals surface area contributed by atoms with Gasteiger partial charge in [-0.3, -0.25) is 14.4 Å². The molecule has 1 atom stereocenters. The van der Waals surface area contributed by atoms with E-state index in [-0.39, 0.29) is 29.1 Å². The number of anilines is 2. The van der Waals surface area contributed by atoms with Crippen molar-refractivity contribution < 1.29 is 23.5 Å². The maximum atomic E-state index is 12.9. The summed E-state index contributed by atoms with van der Waals surface area (Å²) in [7, 11) is 0. The molecule has 0 saturated carbocycles. The zero-order chi connectivity index (χ0) is 21.3. The molecule has 0 fully saturated rings. The monoisotopic (exact) mass is 406 g/mol. The Balaban J connectivity index is 1.54. The Bertz CT molecular complexity index is 1220. The molecule has 2 heterocycles. The second kappa shape index (κ2) is 7.82. The summed E-state index contributed by atoms with van der Waals surface area (Å²) in [5.41, 5.74) is 0.902. The van der Waals surface area contributed by atoms with Crippen molar-refractivity contribution in [3.05, 3.63) is 70.6 Å². The lowest BCUT2D eigenvalue weighted by Crippen LogP contribution is -2.41. The van der Waals surface area contributed by atoms with Gasteiger partial charge in [0.1, 0.15) is 5.58 Å². The van der Waals surface area contributed by atoms with Gasteiger partial charge < -0.3 is 19.4 Å². The minimum Gasteiger partial charge on any atom is -0.450 e. The van der Waals surface area contributed by atoms with Crippen molar-refractivity contribution in [2.24, 2.45) is 0 Å². The van der Waals surface area contributed by atoms with Crippen molar-refractivity contribution in [3.63, 3.8) is 0 Å². The average molecular weight is 406 g/mol. The number of hydrogen-bond acceptors (Lipinski definition) is 6. The summed E-state index contributed by atoms with van der Waals surface area (Å²) in [4.78, 5) is 50.9. The van der Waals surface area contributed by atoms with Crippen molar-refractivity contribution in [1.82, 2.24) is 0 Å². The van der Waals surface area contributed by atoms with E-state index in [4.69, 9.17) is 9.15 Å². The lowest BCUT2D eigenvalue weighted by Gasteiger charge is -2.27. The number of hydrogen-bond donors (Lipinski definition) is 1. The number of nitrogens with one attached hydrogen (secondary N) is 1. The van der Waals surface area contributed by atoms with Crippen LogP contribution in [0.25, 0.3) is 11.0 Å². The van der Waals surface area contributed by atoms with Crippen molar-refractivity contribution in [1.29, 1.82) is 0 Å². The van der Waals surface area contributed by atoms with E-state index >= 15 is 0 Å². The number of rotatable bonds is 3. The molecule has 4 rings (SSSR count). The molecule has 0 radical (unpaired) electrons. The summed E-state index contributed by atoms with van der Waals surface area (Å²) >= 11 is 0. The van der Waals surface area contributed by atoms with Crippen molar-refractivity contribution in [2.45, 2.75) is 19.4 Å². The number of amides is 2. The number of esters is 1. The van der Waals surface area contributed by atoms with E-state index in [2.05, 4.69) is 5.32 Å². The van der Waals surface area contributed by atoms with E-state index in [0.29, 0.717) is 16.8 Å². The molecule has 2 aromatic carbocycles. The van der Waals surface area contributed by atoms with Gasteiger partial charge in [-0.15, -0.1) is 0 Å². The fourth-order valence-electron chi connectivity index (χ4n) is 3.44. The molecule has 1 N–H and O–H groups in total. The molecule has 8 nitrogen and oxygen atoms in total. The molecule has 8 heteroatoms. The van der Waals surface area contributed by atoms with Gasteiger partial charge >= 0.3 is 5.97 Å². The predicted octanol–water partition coefficient (Wildman–Crippen LogP) is 2.71. The second-order valence-electron chi connectivity index (χ2n) is 6.93. The molecule has 0 spiro atoms. The maximum Gasteiger partial charge on any atom is 0.374 e. The Hall–Kier alpha value is -3.94. The summed E-state index contributed by atoms with van der Waals surface area (Å²) in [6.07, 6.45) is 0.105. The van der Waals surface area contributed by atoms with E-state index in [1.54, 1.807) is 55.5 Å². The number of para-hydroxylation sites is 3. The fraction of sp³-hybridized carbons (Fsp3) is 0.182. The first kappa shape index (κ1) is 19.4. The standard InChI is InChI=1S/C22H18N2O6/c1-13-10-20(26)23-15-7-3-4-8-16(15)24(13)21(27)12-29-22(28)19-11-17(25)14-6-2-5-9-18(14)30-19/h2-9,11,13H,10,12H2,1H3,(H,23,26)/t13-/m0/s1. The van der Waals surface area contributed by atoms with Crippen LogP contribution in [0.3, 0.4) is 0 Å². The van der Waals surface area contributed by atoms with Crippen LogP contribution in [0.1, 0.15) is 23.9 Å². The third-order valence-electron chi connectivity index (χ3n) is 4.79. The fourth-order valence-corrected chi connectivity index (χ4v) is 3.44. The van der Waals surface area contributed by atoms with Crippen molar-refractivity contribution in [2.75, 3.05) is 16.8 Å². The van der Waals surface area contributed by atoms with E-state index in [1.165, 1.54) is 4.90 Å². The quantitative estimate of drug-likeness (QED) is 0.671. The van der Waals surface area contributed by atoms with Crippen molar-refractivity contribution in [3.8, 4) is 0 Å². The normalized spacial score (nSPS) is 15.8. The molecular formula is C22H18N2O6. The Morgan fingerprint density at radius 3 is 2.70 bits per heavy atom. The molecule has 30 heavy (non-hydrogen) atoms. The molecule has 1 aliphatic heterocycles. The average Bonchev–Trinajstić information content (AvgIpc) is 2.85. The van der Waals surface area contributed by atoms with Gasteiger partial charge in [0, 0.05) is 18.5 Å². The number of carbonyl (C=O) groups excluding carboxylic acids is 3. The van der Waals surface area contributed by atoms with Crippen LogP contribution in [-0.2, 0) is 14.3 Å². The molecule has 1 aliphatic rings. The van der Waals surface area contributed by atoms with Crippen LogP contribution < -0.4 is 15.6 Å². The molecule has 1 aromatic heterocycles. The van der Waals surface area contributed by atoms with Crippen LogP contribution >= 0.6 is 0 Å². The first-order chi connectivity index (χ1) is 14.4. The number of benzene rings is 2. The predicted molar refractivity (Wildman–Crippen MR) is 109 cm³/mol. The summed E-state index contributed by atoms with van der Waals surface area (Å²) in [6, 6.07) is 14.0. The third kappa shape index (κ3) is 3.67. The highest BCUT2D eigenvalue weighted by atomic mass is 16.5. The van der Waals surface area contributed by atoms with Gasteiger partial charge in [-0.05, 0) is 31.2 Å². The Kier molecular flexibility index (Phi) is 5.05. The number of carbonyl (C=O) groups is 3. The van der Waals surface area contributed by atoms with Crippen molar-refractivity contribution >= 4 is 40.1 Å². The van der Waals surface area contributed by atoms with Gasteiger partial charge in [-0.2, -0.15) is 0 Å². The van der Waals surface area contributed by atoms with Gasteiger partial charge in [-0.1, -0.05) is 24.3 Å². The smallest absolute Gasteiger partial charge is 0.374 e. The third-order valence-corrected chi connectivity index (χ3v) is 4.79. The Morgan fingerprint density at radius 1 is 1.13 bits per heavy atom. The van der Waals surface area contributed by atoms with Crippen LogP contribution in [0.15, 0.2) is 63.8 Å². The SMILES string of the molecule is C[C@H]1CC(=O)Nc2ccccc2N1C(=O)COC(=O)c1cc(=O)c2ccccc2o1. The van der Waals surface area contributed by atoms with E-state index in [9.17, 15) is 19.2 Å². The van der Waals surface area contributed by atoms with Crippen LogP contribution in [0.5, 0.6) is 0 Å². The molecule has 0 aliphatic carbocycles. The topological polar surface area (TPSA) is 106 Å². The summed E-state index contributed by atoms with van der Waals surface area (Å²) < 4.78 is 10.5. The largest absolute Gasteiger partial charge is 0.450 e. The lowest BCUT2D eigenvalue weighted by atomic mass is 10.1. The molecule has 152 valence electrons. The minimum absolute atomic E-state index is 0.105. The zero-order valence-corrected chi connectivity index (χ0v) is 16.1. The van der Waals surface area contributed by atoms with Gasteiger partial charge in [-0.25, -0.2) is 4.79 Å². The van der Waals surface area contributed by atoms with Crippen LogP contribution in [-0.4, -0.2) is 30.4 Å². The van der Waals surface area contributed by atoms with Gasteiger partial charge in [0.25, 0.3) is 5.91 Å². The van der Waals surface area contributed by atoms with Crippen LogP contribution in [0.4, 0.5) is 11.4 Å². The van der Waals surface area contributed by atoms with Crippen LogP contribution in [0, 0.1) is 0 Å². The zero-order valence-electron chi connectivity index (χ0n) is 16.1. The summed E-state index contributed by atoms with van der Waals surface area (Å²) in [5, 5.41) is 3.11. The van der Waals surface area contributed by atoms with Gasteiger partial charge in [0.15, 0.2) is 12.0 Å². The van der Waals surface area contributed by atoms with Gasteiger partial charge in [0.2, 0.25) is 11.7 Å². The first-order valence-corrected chi connectivity index (χ1v) is 9.35. The molecule has 0 unspecified atom stereocenters. The Morgan fingerprint density at radius 2 is 1.87 bits per heavy atom. The number of ether oxygens (including phenoxy) is 1. The minimum atomic E-state index is -0.920. The molecule has 2 amide bonds. The van der Waals surface area contributed by atoms with E-state index in [0.717, 1.165) is 6.07 Å². The highest BCUT2D eigenvalue weighted by molar-refractivity contribution is 6.05. The highest BCUT2D eigenvalue weighted by Crippen LogP contribution is 2.31. The highest BCUT2D eigenvalue weighted by Gasteiger charge is 2.30. The van der Waals surface area contributed by atoms with Crippen LogP contribution in [0.2, 0.25) is 0 Å². The molecule has 0 bridgehead atoms. The second-order valence-corrected chi connectivity index (χ2v) is 6.93. The molecule has 0 saturated heterocycles. The Labute approximate surface area is 171 Å². The first-order valence-electron chi connectivity index (χ1n) is 9.35. The number of nitrogens with zero attached hydrogens (tertiary/aromatic N) is 1. The van der Waals surface area contributed by atoms with Gasteiger partial charge in [0.05, 0.1) is 16.8 Å². The molecular weight excluding hydrogens is 388 g/mol. The van der Waals surface area contributed by atoms with E-state index < -0.39 is 24.5 Å². The summed E-state index contributed by atoms with van der Waals surface area (Å²) in [6.45, 7) is 1.17. The lowest BCUT2D eigenvalue weighted by molar-refractivity contribution is -0.122.